The van der Waals surface area contributed by atoms with Crippen molar-refractivity contribution in [2.45, 2.75) is 220 Å². The third-order valence-electron chi connectivity index (χ3n) is 10.9. The van der Waals surface area contributed by atoms with Crippen molar-refractivity contribution in [2.75, 3.05) is 27.3 Å². The summed E-state index contributed by atoms with van der Waals surface area (Å²) in [4.78, 5) is 51.4. The molecule has 0 aromatic heterocycles. The summed E-state index contributed by atoms with van der Waals surface area (Å²) in [6.07, 6.45) is 46.1. The molecule has 0 saturated carbocycles. The van der Waals surface area contributed by atoms with Crippen molar-refractivity contribution in [1.29, 1.82) is 0 Å². The summed E-state index contributed by atoms with van der Waals surface area (Å²) >= 11 is 0. The second-order valence-electron chi connectivity index (χ2n) is 17.7. The first kappa shape index (κ1) is 59.0. The van der Waals surface area contributed by atoms with E-state index in [0.29, 0.717) is 45.3 Å². The van der Waals surface area contributed by atoms with E-state index in [4.69, 9.17) is 18.9 Å². The van der Waals surface area contributed by atoms with Crippen molar-refractivity contribution in [3.05, 3.63) is 83.5 Å². The Hall–Kier alpha value is -3.98. The number of unbranched alkanes of at least 4 members (excludes halogenated alkanes) is 17. The van der Waals surface area contributed by atoms with Crippen LogP contribution in [0.4, 0.5) is 0 Å². The number of benzene rings is 1. The summed E-state index contributed by atoms with van der Waals surface area (Å²) < 4.78 is 21.9. The number of nitrogens with zero attached hydrogens (tertiary/aromatic N) is 1. The molecule has 0 aliphatic rings. The fourth-order valence-electron chi connectivity index (χ4n) is 7.20. The van der Waals surface area contributed by atoms with Crippen LogP contribution in [0.15, 0.2) is 66.8 Å². The van der Waals surface area contributed by atoms with Gasteiger partial charge in [-0.15, -0.1) is 0 Å². The predicted molar refractivity (Wildman–Crippen MR) is 267 cm³/mol. The molecule has 0 atom stereocenters. The van der Waals surface area contributed by atoms with Crippen molar-refractivity contribution in [1.82, 2.24) is 4.90 Å². The lowest BCUT2D eigenvalue weighted by atomic mass is 10.1. The van der Waals surface area contributed by atoms with Crippen LogP contribution in [0.2, 0.25) is 0 Å². The quantitative estimate of drug-likeness (QED) is 0.0274. The minimum atomic E-state index is -0.354. The Kier molecular flexibility index (Phi) is 39.9. The van der Waals surface area contributed by atoms with Gasteiger partial charge >= 0.3 is 23.9 Å². The topological polar surface area (TPSA) is 108 Å². The van der Waals surface area contributed by atoms with Gasteiger partial charge in [-0.25, -0.2) is 0 Å². The van der Waals surface area contributed by atoms with E-state index in [1.807, 2.05) is 37.2 Å². The molecule has 0 fully saturated rings. The molecule has 0 spiro atoms. The molecule has 65 heavy (non-hydrogen) atoms. The zero-order valence-corrected chi connectivity index (χ0v) is 41.6. The molecule has 0 aliphatic carbocycles. The molecule has 0 N–H and O–H groups in total. The largest absolute Gasteiger partial charge is 0.466 e. The molecule has 9 nitrogen and oxygen atoms in total. The van der Waals surface area contributed by atoms with Crippen LogP contribution >= 0.6 is 0 Å². The second-order valence-corrected chi connectivity index (χ2v) is 17.7. The Morgan fingerprint density at radius 1 is 0.400 bits per heavy atom. The molecule has 0 amide bonds. The summed E-state index contributed by atoms with van der Waals surface area (Å²) in [6.45, 7) is 5.87. The maximum atomic E-state index is 12.5. The molecule has 1 aromatic rings. The Morgan fingerprint density at radius 2 is 0.738 bits per heavy atom. The van der Waals surface area contributed by atoms with Gasteiger partial charge in [-0.1, -0.05) is 139 Å². The van der Waals surface area contributed by atoms with E-state index in [2.05, 4.69) is 62.5 Å². The molecule has 0 radical (unpaired) electrons. The number of allylic oxidation sites excluding steroid dienone is 8. The molecule has 0 unspecified atom stereocenters. The lowest BCUT2D eigenvalue weighted by Gasteiger charge is -2.14. The number of rotatable bonds is 43. The standard InChI is InChI=1S/C56H91NO8/c1-5-7-9-11-13-15-17-19-21-23-25-27-29-31-33-38-53(58)62-42-36-35-40-55(60)64-48-51-44-50(47-57(3)4)45-52(46-51)49-65-56(61)41-37-43-63-54(59)39-34-32-30-28-26-24-22-20-18-16-14-12-10-8-6-2/h13-16,19-22,44-46H,5-12,17-18,23-43,47-49H2,1-4H3/b15-13-,16-14-,21-19-,22-20-. The van der Waals surface area contributed by atoms with Gasteiger partial charge in [0.05, 0.1) is 13.2 Å². The van der Waals surface area contributed by atoms with E-state index in [1.54, 1.807) is 0 Å². The Morgan fingerprint density at radius 3 is 1.17 bits per heavy atom. The fraction of sp³-hybridized carbons (Fsp3) is 0.679. The number of hydrogen-bond acceptors (Lipinski definition) is 9. The number of ether oxygens (including phenoxy) is 4. The van der Waals surface area contributed by atoms with Crippen molar-refractivity contribution in [2.24, 2.45) is 0 Å². The number of hydrogen-bond donors (Lipinski definition) is 0. The van der Waals surface area contributed by atoms with E-state index < -0.39 is 0 Å². The van der Waals surface area contributed by atoms with Crippen LogP contribution in [0.25, 0.3) is 0 Å². The normalized spacial score (nSPS) is 11.8. The fourth-order valence-corrected chi connectivity index (χ4v) is 7.20. The minimum Gasteiger partial charge on any atom is -0.466 e. The van der Waals surface area contributed by atoms with Gasteiger partial charge in [0.15, 0.2) is 0 Å². The summed E-state index contributed by atoms with van der Waals surface area (Å²) in [5.74, 6) is -1.04. The first-order valence-electron chi connectivity index (χ1n) is 25.7. The van der Waals surface area contributed by atoms with Gasteiger partial charge in [0.25, 0.3) is 0 Å². The highest BCUT2D eigenvalue weighted by Crippen LogP contribution is 2.16. The van der Waals surface area contributed by atoms with Crippen molar-refractivity contribution in [3.8, 4) is 0 Å². The number of esters is 4. The number of carbonyl (C=O) groups is 4. The molecule has 0 saturated heterocycles. The molecule has 368 valence electrons. The van der Waals surface area contributed by atoms with E-state index in [-0.39, 0.29) is 56.5 Å². The lowest BCUT2D eigenvalue weighted by Crippen LogP contribution is -2.12. The summed E-state index contributed by atoms with van der Waals surface area (Å²) in [5, 5.41) is 0. The molecule has 0 aliphatic heterocycles. The van der Waals surface area contributed by atoms with E-state index in [1.165, 1.54) is 77.0 Å². The van der Waals surface area contributed by atoms with Gasteiger partial charge in [-0.05, 0) is 133 Å². The number of carbonyl (C=O) groups excluding carboxylic acids is 4. The SMILES string of the molecule is CCCCC/C=C\C/C=C\CCCCCCCC(=O)OCCCCC(=O)OCc1cc(COC(=O)CCCOC(=O)CCCCCCC/C=C\C/C=C\CCCCC)cc(CN(C)C)c1. The first-order valence-corrected chi connectivity index (χ1v) is 25.7. The molecular formula is C56H91NO8. The van der Waals surface area contributed by atoms with Crippen LogP contribution in [0, 0.1) is 0 Å². The lowest BCUT2D eigenvalue weighted by molar-refractivity contribution is -0.148. The van der Waals surface area contributed by atoms with Crippen LogP contribution in [0.1, 0.15) is 217 Å². The maximum absolute atomic E-state index is 12.5. The molecule has 0 bridgehead atoms. The Bertz CT molecular complexity index is 1480. The van der Waals surface area contributed by atoms with Gasteiger partial charge in [0, 0.05) is 32.2 Å². The van der Waals surface area contributed by atoms with Crippen LogP contribution < -0.4 is 0 Å². The van der Waals surface area contributed by atoms with Crippen molar-refractivity contribution in [3.63, 3.8) is 0 Å². The Labute approximate surface area is 396 Å². The average molecular weight is 906 g/mol. The summed E-state index contributed by atoms with van der Waals surface area (Å²) in [6, 6.07) is 5.88. The molecule has 1 rings (SSSR count). The summed E-state index contributed by atoms with van der Waals surface area (Å²) in [7, 11) is 3.95. The predicted octanol–water partition coefficient (Wildman–Crippen LogP) is 14.5. The summed E-state index contributed by atoms with van der Waals surface area (Å²) in [5.41, 5.74) is 2.66. The van der Waals surface area contributed by atoms with Crippen LogP contribution in [0.3, 0.4) is 0 Å². The molecular weight excluding hydrogens is 815 g/mol. The van der Waals surface area contributed by atoms with Crippen LogP contribution in [-0.2, 0) is 57.9 Å². The van der Waals surface area contributed by atoms with Crippen LogP contribution in [0.5, 0.6) is 0 Å². The van der Waals surface area contributed by atoms with Gasteiger partial charge in [-0.3, -0.25) is 19.2 Å². The smallest absolute Gasteiger partial charge is 0.306 e. The first-order chi connectivity index (χ1) is 31.7. The third-order valence-corrected chi connectivity index (χ3v) is 10.9. The van der Waals surface area contributed by atoms with Gasteiger partial charge in [0.1, 0.15) is 13.2 Å². The zero-order chi connectivity index (χ0) is 47.3. The van der Waals surface area contributed by atoms with Crippen LogP contribution in [-0.4, -0.2) is 56.1 Å². The molecule has 1 aromatic carbocycles. The Balaban J connectivity index is 2.17. The molecule has 0 heterocycles. The minimum absolute atomic E-state index is 0.0992. The zero-order valence-electron chi connectivity index (χ0n) is 41.6. The monoisotopic (exact) mass is 906 g/mol. The van der Waals surface area contributed by atoms with Gasteiger partial charge in [-0.2, -0.15) is 0 Å². The second kappa shape index (κ2) is 43.9. The van der Waals surface area contributed by atoms with E-state index in [9.17, 15) is 19.2 Å². The highest BCUT2D eigenvalue weighted by molar-refractivity contribution is 5.71. The van der Waals surface area contributed by atoms with Gasteiger partial charge < -0.3 is 23.8 Å². The van der Waals surface area contributed by atoms with E-state index in [0.717, 1.165) is 80.9 Å². The highest BCUT2D eigenvalue weighted by atomic mass is 16.5. The highest BCUT2D eigenvalue weighted by Gasteiger charge is 2.11. The molecule has 9 heteroatoms. The van der Waals surface area contributed by atoms with E-state index >= 15 is 0 Å². The average Bonchev–Trinajstić information content (AvgIpc) is 3.28. The third kappa shape index (κ3) is 40.1. The maximum Gasteiger partial charge on any atom is 0.306 e. The van der Waals surface area contributed by atoms with Gasteiger partial charge in [0.2, 0.25) is 0 Å². The van der Waals surface area contributed by atoms with Crippen molar-refractivity contribution < 1.29 is 38.1 Å². The van der Waals surface area contributed by atoms with Crippen molar-refractivity contribution >= 4 is 23.9 Å².